The minimum Gasteiger partial charge on any atom is -0.494 e. The Morgan fingerprint density at radius 2 is 1.51 bits per heavy atom. The normalized spacial score (nSPS) is 12.1. The molecular weight excluding hydrogens is 532 g/mol. The lowest BCUT2D eigenvalue weighted by atomic mass is 9.95. The van der Waals surface area contributed by atoms with Crippen molar-refractivity contribution < 1.29 is 37.4 Å². The molecule has 1 aliphatic heterocycles. The Morgan fingerprint density at radius 3 is 2.22 bits per heavy atom. The molecule has 4 aromatic rings. The van der Waals surface area contributed by atoms with E-state index in [2.05, 4.69) is 4.74 Å². The molecule has 0 aromatic heterocycles. The largest absolute Gasteiger partial charge is 0.494 e. The van der Waals surface area contributed by atoms with E-state index in [1.165, 1.54) is 4.90 Å². The lowest BCUT2D eigenvalue weighted by Crippen LogP contribution is -2.20. The Morgan fingerprint density at radius 1 is 0.829 bits per heavy atom. The van der Waals surface area contributed by atoms with E-state index in [9.17, 15) is 18.8 Å². The summed E-state index contributed by atoms with van der Waals surface area (Å²) in [4.78, 5) is 36.7. The summed E-state index contributed by atoms with van der Waals surface area (Å²) in [7, 11) is 1.57. The number of nitrogens with zero attached hydrogens (tertiary/aromatic N) is 1. The number of halogens is 2. The second-order valence-corrected chi connectivity index (χ2v) is 9.63. The van der Waals surface area contributed by atoms with Crippen molar-refractivity contribution in [3.05, 3.63) is 89.5 Å². The number of hydrogen-bond donors (Lipinski definition) is 0. The van der Waals surface area contributed by atoms with Crippen LogP contribution in [0.1, 0.15) is 46.4 Å². The van der Waals surface area contributed by atoms with Gasteiger partial charge < -0.3 is 19.1 Å². The van der Waals surface area contributed by atoms with Gasteiger partial charge in [-0.2, -0.15) is 0 Å². The third kappa shape index (κ3) is 5.75. The standard InChI is InChI=1S/C32H27F2NO6/c1-35-27-15-14-24(29-28(27)25(31(35)37)18-26(33)30(29)34)20-6-12-23(13-7-20)41-32(38)21-8-10-22(11-9-21)40-17-5-3-2-4-16-39-19-36/h6-15,18-19H,2-5,16-17H2,1H3. The molecule has 4 aromatic carbocycles. The topological polar surface area (TPSA) is 82.1 Å². The second kappa shape index (κ2) is 12.2. The number of carbonyl (C=O) groups is 3. The number of hydrogen-bond acceptors (Lipinski definition) is 6. The van der Waals surface area contributed by atoms with Gasteiger partial charge in [0.1, 0.15) is 11.5 Å². The molecule has 7 nitrogen and oxygen atoms in total. The van der Waals surface area contributed by atoms with Gasteiger partial charge in [0.05, 0.1) is 30.0 Å². The Labute approximate surface area is 235 Å². The highest BCUT2D eigenvalue weighted by Crippen LogP contribution is 2.43. The first kappa shape index (κ1) is 27.8. The van der Waals surface area contributed by atoms with E-state index < -0.39 is 23.5 Å². The van der Waals surface area contributed by atoms with Crippen molar-refractivity contribution in [1.29, 1.82) is 0 Å². The Kier molecular flexibility index (Phi) is 8.24. The van der Waals surface area contributed by atoms with Crippen molar-refractivity contribution in [2.45, 2.75) is 25.7 Å². The predicted octanol–water partition coefficient (Wildman–Crippen LogP) is 6.71. The summed E-state index contributed by atoms with van der Waals surface area (Å²) in [6.45, 7) is 1.42. The number of benzene rings is 4. The van der Waals surface area contributed by atoms with E-state index >= 15 is 4.39 Å². The predicted molar refractivity (Wildman–Crippen MR) is 149 cm³/mol. The fourth-order valence-electron chi connectivity index (χ4n) is 4.89. The molecule has 0 radical (unpaired) electrons. The molecule has 1 heterocycles. The summed E-state index contributed by atoms with van der Waals surface area (Å²) >= 11 is 0. The average Bonchev–Trinajstić information content (AvgIpc) is 3.23. The van der Waals surface area contributed by atoms with Crippen molar-refractivity contribution >= 4 is 34.8 Å². The molecule has 1 amide bonds. The lowest BCUT2D eigenvalue weighted by Gasteiger charge is -2.13. The molecule has 0 bridgehead atoms. The van der Waals surface area contributed by atoms with Gasteiger partial charge in [0.15, 0.2) is 11.6 Å². The highest BCUT2D eigenvalue weighted by Gasteiger charge is 2.31. The van der Waals surface area contributed by atoms with E-state index in [1.54, 1.807) is 67.7 Å². The summed E-state index contributed by atoms with van der Waals surface area (Å²) in [5, 5.41) is 0.407. The van der Waals surface area contributed by atoms with Crippen LogP contribution in [0.3, 0.4) is 0 Å². The van der Waals surface area contributed by atoms with Gasteiger partial charge in [-0.1, -0.05) is 18.2 Å². The van der Waals surface area contributed by atoms with Crippen LogP contribution in [0, 0.1) is 11.6 Å². The van der Waals surface area contributed by atoms with Gasteiger partial charge >= 0.3 is 5.97 Å². The Balaban J connectivity index is 1.22. The third-order valence-corrected chi connectivity index (χ3v) is 7.01. The maximum Gasteiger partial charge on any atom is 0.343 e. The smallest absolute Gasteiger partial charge is 0.343 e. The van der Waals surface area contributed by atoms with Crippen LogP contribution in [0.5, 0.6) is 11.5 Å². The highest BCUT2D eigenvalue weighted by molar-refractivity contribution is 6.26. The van der Waals surface area contributed by atoms with E-state index in [1.807, 2.05) is 0 Å². The summed E-state index contributed by atoms with van der Waals surface area (Å²) in [5.74, 6) is -2.14. The van der Waals surface area contributed by atoms with E-state index in [-0.39, 0.29) is 16.7 Å². The van der Waals surface area contributed by atoms with Gasteiger partial charge in [0.2, 0.25) is 0 Å². The summed E-state index contributed by atoms with van der Waals surface area (Å²) in [6.07, 6.45) is 3.58. The van der Waals surface area contributed by atoms with Gasteiger partial charge in [-0.3, -0.25) is 9.59 Å². The molecule has 0 atom stereocenters. The molecule has 0 N–H and O–H groups in total. The third-order valence-electron chi connectivity index (χ3n) is 7.01. The summed E-state index contributed by atoms with van der Waals surface area (Å²) in [5.41, 5.74) is 1.98. The second-order valence-electron chi connectivity index (χ2n) is 9.63. The first-order valence-electron chi connectivity index (χ1n) is 13.2. The molecule has 9 heteroatoms. The number of anilines is 1. The van der Waals surface area contributed by atoms with Crippen LogP contribution in [0.15, 0.2) is 66.7 Å². The van der Waals surface area contributed by atoms with Crippen LogP contribution in [0.4, 0.5) is 14.5 Å². The number of rotatable bonds is 12. The van der Waals surface area contributed by atoms with Crippen LogP contribution < -0.4 is 14.4 Å². The fourth-order valence-corrected chi connectivity index (χ4v) is 4.89. The van der Waals surface area contributed by atoms with Crippen molar-refractivity contribution in [3.8, 4) is 22.6 Å². The maximum absolute atomic E-state index is 15.0. The van der Waals surface area contributed by atoms with Gasteiger partial charge in [-0.25, -0.2) is 13.6 Å². The molecule has 5 rings (SSSR count). The van der Waals surface area contributed by atoms with E-state index in [4.69, 9.17) is 9.47 Å². The zero-order valence-electron chi connectivity index (χ0n) is 22.3. The van der Waals surface area contributed by atoms with Crippen molar-refractivity contribution in [2.75, 3.05) is 25.2 Å². The molecule has 0 fully saturated rings. The van der Waals surface area contributed by atoms with Crippen molar-refractivity contribution in [3.63, 3.8) is 0 Å². The van der Waals surface area contributed by atoms with Crippen molar-refractivity contribution in [1.82, 2.24) is 0 Å². The quantitative estimate of drug-likeness (QED) is 0.0831. The van der Waals surface area contributed by atoms with E-state index in [0.29, 0.717) is 53.2 Å². The number of unbranched alkanes of at least 4 members (excludes halogenated alkanes) is 3. The number of ether oxygens (including phenoxy) is 3. The Bertz CT molecular complexity index is 1600. The number of esters is 1. The zero-order chi connectivity index (χ0) is 28.9. The van der Waals surface area contributed by atoms with Gasteiger partial charge in [-0.05, 0) is 85.3 Å². The summed E-state index contributed by atoms with van der Waals surface area (Å²) < 4.78 is 45.3. The monoisotopic (exact) mass is 559 g/mol. The molecule has 41 heavy (non-hydrogen) atoms. The first-order valence-corrected chi connectivity index (χ1v) is 13.2. The van der Waals surface area contributed by atoms with Gasteiger partial charge in [0, 0.05) is 17.8 Å². The molecule has 0 spiro atoms. The van der Waals surface area contributed by atoms with Crippen LogP contribution in [0.25, 0.3) is 21.9 Å². The van der Waals surface area contributed by atoms with Crippen LogP contribution >= 0.6 is 0 Å². The van der Waals surface area contributed by atoms with Crippen LogP contribution in [-0.2, 0) is 9.53 Å². The molecule has 1 aliphatic rings. The Hall–Kier alpha value is -4.79. The van der Waals surface area contributed by atoms with Gasteiger partial charge in [-0.15, -0.1) is 0 Å². The number of carbonyl (C=O) groups excluding carboxylic acids is 3. The molecular formula is C32H27F2NO6. The molecule has 0 aliphatic carbocycles. The lowest BCUT2D eigenvalue weighted by molar-refractivity contribution is -0.128. The number of amides is 1. The fraction of sp³-hybridized carbons (Fsp3) is 0.219. The molecule has 0 saturated heterocycles. The molecule has 0 saturated carbocycles. The molecule has 210 valence electrons. The highest BCUT2D eigenvalue weighted by atomic mass is 19.2. The maximum atomic E-state index is 15.0. The summed E-state index contributed by atoms with van der Waals surface area (Å²) in [6, 6.07) is 17.4. The molecule has 0 unspecified atom stereocenters. The van der Waals surface area contributed by atoms with Crippen LogP contribution in [-0.4, -0.2) is 38.6 Å². The van der Waals surface area contributed by atoms with Gasteiger partial charge in [0.25, 0.3) is 12.4 Å². The zero-order valence-corrected chi connectivity index (χ0v) is 22.3. The first-order chi connectivity index (χ1) is 19.9. The van der Waals surface area contributed by atoms with Crippen molar-refractivity contribution in [2.24, 2.45) is 0 Å². The van der Waals surface area contributed by atoms with Crippen LogP contribution in [0.2, 0.25) is 0 Å². The minimum atomic E-state index is -1.09. The van der Waals surface area contributed by atoms with E-state index in [0.717, 1.165) is 31.7 Å². The SMILES string of the molecule is CN1C(=O)c2cc(F)c(F)c3c(-c4ccc(OC(=O)c5ccc(OCCCCCCOC=O)cc5)cc4)ccc1c23. The average molecular weight is 560 g/mol. The minimum absolute atomic E-state index is 0.0337.